The van der Waals surface area contributed by atoms with E-state index in [1.165, 1.54) is 0 Å². The van der Waals surface area contributed by atoms with E-state index in [1.807, 2.05) is 0 Å². The lowest BCUT2D eigenvalue weighted by molar-refractivity contribution is 0.193. The summed E-state index contributed by atoms with van der Waals surface area (Å²) < 4.78 is 0. The van der Waals surface area contributed by atoms with Crippen molar-refractivity contribution in [2.24, 2.45) is 0 Å². The summed E-state index contributed by atoms with van der Waals surface area (Å²) in [4.78, 5) is 3.79. The molecule has 0 bridgehead atoms. The Morgan fingerprint density at radius 1 is 1.80 bits per heavy atom. The quantitative estimate of drug-likeness (QED) is 0.660. The summed E-state index contributed by atoms with van der Waals surface area (Å²) >= 11 is 5.41. The Labute approximate surface area is 63.2 Å². The van der Waals surface area contributed by atoms with Gasteiger partial charge in [0.2, 0.25) is 5.28 Å². The Morgan fingerprint density at radius 3 is 2.90 bits per heavy atom. The molecule has 0 aliphatic heterocycles. The number of nitrogens with one attached hydrogen (secondary N) is 1. The monoisotopic (exact) mass is 161 g/mol. The molecule has 1 unspecified atom stereocenters. The molecule has 0 saturated carbocycles. The lowest BCUT2D eigenvalue weighted by atomic mass is 10.3. The van der Waals surface area contributed by atoms with Gasteiger partial charge in [0.1, 0.15) is 5.82 Å². The van der Waals surface area contributed by atoms with E-state index in [2.05, 4.69) is 15.2 Å². The van der Waals surface area contributed by atoms with Gasteiger partial charge in [0, 0.05) is 6.42 Å². The van der Waals surface area contributed by atoms with Gasteiger partial charge < -0.3 is 5.11 Å². The topological polar surface area (TPSA) is 61.8 Å². The molecule has 4 nitrogen and oxygen atoms in total. The third kappa shape index (κ3) is 1.97. The number of aromatic amines is 1. The van der Waals surface area contributed by atoms with Gasteiger partial charge in [-0.25, -0.2) is 4.98 Å². The SMILES string of the molecule is CC(O)Cc1nc(Cl)n[nH]1. The van der Waals surface area contributed by atoms with Crippen LogP contribution in [0, 0.1) is 0 Å². The normalized spacial score (nSPS) is 13.5. The van der Waals surface area contributed by atoms with Crippen molar-refractivity contribution in [3.63, 3.8) is 0 Å². The van der Waals surface area contributed by atoms with E-state index >= 15 is 0 Å². The minimum absolute atomic E-state index is 0.190. The molecule has 0 saturated heterocycles. The van der Waals surface area contributed by atoms with Gasteiger partial charge in [0.15, 0.2) is 0 Å². The number of hydrogen-bond donors (Lipinski definition) is 2. The van der Waals surface area contributed by atoms with Crippen LogP contribution in [-0.2, 0) is 6.42 Å². The molecule has 0 amide bonds. The molecule has 1 rings (SSSR count). The van der Waals surface area contributed by atoms with Crippen LogP contribution in [0.15, 0.2) is 0 Å². The first-order chi connectivity index (χ1) is 4.68. The van der Waals surface area contributed by atoms with Crippen LogP contribution in [0.1, 0.15) is 12.7 Å². The summed E-state index contributed by atoms with van der Waals surface area (Å²) in [5.41, 5.74) is 0. The van der Waals surface area contributed by atoms with Crippen LogP contribution in [0.5, 0.6) is 0 Å². The molecule has 0 aliphatic carbocycles. The number of nitrogens with zero attached hydrogens (tertiary/aromatic N) is 2. The van der Waals surface area contributed by atoms with Crippen molar-refractivity contribution in [3.05, 3.63) is 11.1 Å². The highest BCUT2D eigenvalue weighted by Gasteiger charge is 2.02. The number of aliphatic hydroxyl groups excluding tert-OH is 1. The first kappa shape index (κ1) is 7.50. The average molecular weight is 162 g/mol. The second kappa shape index (κ2) is 2.98. The van der Waals surface area contributed by atoms with Gasteiger partial charge in [-0.15, -0.1) is 5.10 Å². The third-order valence-electron chi connectivity index (χ3n) is 0.993. The fourth-order valence-corrected chi connectivity index (χ4v) is 0.787. The molecule has 0 aromatic carbocycles. The van der Waals surface area contributed by atoms with Crippen LogP contribution in [0.3, 0.4) is 0 Å². The van der Waals surface area contributed by atoms with Crippen molar-refractivity contribution >= 4 is 11.6 Å². The average Bonchev–Trinajstić information content (AvgIpc) is 2.13. The van der Waals surface area contributed by atoms with Crippen LogP contribution in [0.25, 0.3) is 0 Å². The summed E-state index contributed by atoms with van der Waals surface area (Å²) in [6, 6.07) is 0. The zero-order valence-corrected chi connectivity index (χ0v) is 6.26. The van der Waals surface area contributed by atoms with Crippen molar-refractivity contribution in [3.8, 4) is 0 Å². The molecule has 2 N–H and O–H groups in total. The molecular weight excluding hydrogens is 154 g/mol. The highest BCUT2D eigenvalue weighted by atomic mass is 35.5. The lowest BCUT2D eigenvalue weighted by Crippen LogP contribution is -2.05. The summed E-state index contributed by atoms with van der Waals surface area (Å²) in [7, 11) is 0. The zero-order valence-electron chi connectivity index (χ0n) is 5.50. The van der Waals surface area contributed by atoms with Crippen molar-refractivity contribution in [1.82, 2.24) is 15.2 Å². The van der Waals surface area contributed by atoms with Gasteiger partial charge in [-0.3, -0.25) is 5.10 Å². The van der Waals surface area contributed by atoms with Gasteiger partial charge in [-0.05, 0) is 18.5 Å². The minimum Gasteiger partial charge on any atom is -0.393 e. The van der Waals surface area contributed by atoms with E-state index in [9.17, 15) is 0 Å². The maximum Gasteiger partial charge on any atom is 0.242 e. The Kier molecular flexibility index (Phi) is 2.24. The van der Waals surface area contributed by atoms with Crippen molar-refractivity contribution in [2.45, 2.75) is 19.4 Å². The third-order valence-corrected chi connectivity index (χ3v) is 1.16. The number of aliphatic hydroxyl groups is 1. The summed E-state index contributed by atoms with van der Waals surface area (Å²) in [6.07, 6.45) is 0.0451. The van der Waals surface area contributed by atoms with Gasteiger partial charge in [-0.1, -0.05) is 0 Å². The predicted molar refractivity (Wildman–Crippen MR) is 36.8 cm³/mol. The smallest absolute Gasteiger partial charge is 0.242 e. The van der Waals surface area contributed by atoms with Gasteiger partial charge in [-0.2, -0.15) is 0 Å². The summed E-state index contributed by atoms with van der Waals surface area (Å²) in [5.74, 6) is 0.611. The van der Waals surface area contributed by atoms with E-state index in [-0.39, 0.29) is 5.28 Å². The van der Waals surface area contributed by atoms with Crippen LogP contribution in [-0.4, -0.2) is 26.4 Å². The van der Waals surface area contributed by atoms with E-state index in [1.54, 1.807) is 6.92 Å². The first-order valence-electron chi connectivity index (χ1n) is 2.93. The molecule has 10 heavy (non-hydrogen) atoms. The lowest BCUT2D eigenvalue weighted by Gasteiger charge is -1.96. The molecule has 1 aromatic rings. The molecule has 1 heterocycles. The van der Waals surface area contributed by atoms with E-state index in [0.717, 1.165) is 0 Å². The van der Waals surface area contributed by atoms with Gasteiger partial charge in [0.25, 0.3) is 0 Å². The Hall–Kier alpha value is -0.610. The molecule has 56 valence electrons. The van der Waals surface area contributed by atoms with Crippen molar-refractivity contribution < 1.29 is 5.11 Å². The fourth-order valence-electron chi connectivity index (χ4n) is 0.643. The molecule has 1 atom stereocenters. The Morgan fingerprint density at radius 2 is 2.50 bits per heavy atom. The minimum atomic E-state index is -0.413. The number of H-pyrrole nitrogens is 1. The van der Waals surface area contributed by atoms with Crippen LogP contribution < -0.4 is 0 Å². The van der Waals surface area contributed by atoms with E-state index in [0.29, 0.717) is 12.2 Å². The Balaban J connectivity index is 2.58. The van der Waals surface area contributed by atoms with Gasteiger partial charge >= 0.3 is 0 Å². The fraction of sp³-hybridized carbons (Fsp3) is 0.600. The molecule has 5 heteroatoms. The molecule has 0 aliphatic rings. The molecule has 0 radical (unpaired) electrons. The van der Waals surface area contributed by atoms with Crippen LogP contribution in [0.4, 0.5) is 0 Å². The molecule has 1 aromatic heterocycles. The summed E-state index contributed by atoms with van der Waals surface area (Å²) in [6.45, 7) is 1.68. The highest BCUT2D eigenvalue weighted by molar-refractivity contribution is 6.28. The van der Waals surface area contributed by atoms with Crippen LogP contribution in [0.2, 0.25) is 5.28 Å². The second-order valence-electron chi connectivity index (χ2n) is 2.10. The number of hydrogen-bond acceptors (Lipinski definition) is 3. The van der Waals surface area contributed by atoms with E-state index in [4.69, 9.17) is 16.7 Å². The van der Waals surface area contributed by atoms with Crippen LogP contribution >= 0.6 is 11.6 Å². The molecule has 0 spiro atoms. The zero-order chi connectivity index (χ0) is 7.56. The first-order valence-corrected chi connectivity index (χ1v) is 3.31. The maximum atomic E-state index is 8.88. The largest absolute Gasteiger partial charge is 0.393 e. The molecular formula is C5H8ClN3O. The van der Waals surface area contributed by atoms with Gasteiger partial charge in [0.05, 0.1) is 6.10 Å². The standard InChI is InChI=1S/C5H8ClN3O/c1-3(10)2-4-7-5(6)9-8-4/h3,10H,2H2,1H3,(H,7,8,9). The number of halogens is 1. The molecule has 0 fully saturated rings. The highest BCUT2D eigenvalue weighted by Crippen LogP contribution is 2.00. The predicted octanol–water partition coefficient (Wildman–Crippen LogP) is 0.381. The maximum absolute atomic E-state index is 8.88. The number of rotatable bonds is 2. The van der Waals surface area contributed by atoms with Crippen molar-refractivity contribution in [1.29, 1.82) is 0 Å². The summed E-state index contributed by atoms with van der Waals surface area (Å²) in [5, 5.41) is 15.2. The van der Waals surface area contributed by atoms with E-state index < -0.39 is 6.10 Å². The second-order valence-corrected chi connectivity index (χ2v) is 2.44. The number of aromatic nitrogens is 3. The Bertz CT molecular complexity index is 210. The van der Waals surface area contributed by atoms with Crippen molar-refractivity contribution in [2.75, 3.05) is 0 Å².